The van der Waals surface area contributed by atoms with E-state index in [4.69, 9.17) is 9.47 Å². The molecule has 1 aliphatic rings. The van der Waals surface area contributed by atoms with E-state index in [1.54, 1.807) is 7.11 Å². The second-order valence-electron chi connectivity index (χ2n) is 5.11. The molecule has 1 fully saturated rings. The number of hydrogen-bond acceptors (Lipinski definition) is 4. The number of rotatable bonds is 6. The van der Waals surface area contributed by atoms with E-state index in [-0.39, 0.29) is 0 Å². The number of carboxylic acids is 1. The van der Waals surface area contributed by atoms with Gasteiger partial charge in [0.05, 0.1) is 19.1 Å². The molecule has 2 rings (SSSR count). The molecule has 0 radical (unpaired) electrons. The van der Waals surface area contributed by atoms with Crippen LogP contribution in [0.15, 0.2) is 24.3 Å². The van der Waals surface area contributed by atoms with E-state index in [9.17, 15) is 9.90 Å². The molecule has 0 spiro atoms. The van der Waals surface area contributed by atoms with Gasteiger partial charge in [0.2, 0.25) is 0 Å². The number of piperidine rings is 1. The second-order valence-corrected chi connectivity index (χ2v) is 5.11. The molecule has 20 heavy (non-hydrogen) atoms. The minimum Gasteiger partial charge on any atom is -0.497 e. The van der Waals surface area contributed by atoms with Gasteiger partial charge in [0, 0.05) is 0 Å². The number of aliphatic carboxylic acids is 1. The Hall–Kier alpha value is -1.75. The van der Waals surface area contributed by atoms with E-state index in [0.717, 1.165) is 24.6 Å². The molecule has 110 valence electrons. The third-order valence-electron chi connectivity index (χ3n) is 3.92. The van der Waals surface area contributed by atoms with Gasteiger partial charge in [0.1, 0.15) is 11.5 Å². The Kier molecular flexibility index (Phi) is 4.84. The molecule has 0 amide bonds. The Bertz CT molecular complexity index is 438. The Balaban J connectivity index is 1.88. The maximum absolute atomic E-state index is 11.5. The lowest BCUT2D eigenvalue weighted by Crippen LogP contribution is -2.43. The van der Waals surface area contributed by atoms with Gasteiger partial charge in [0.25, 0.3) is 0 Å². The van der Waals surface area contributed by atoms with Gasteiger partial charge >= 0.3 is 5.97 Å². The van der Waals surface area contributed by atoms with Gasteiger partial charge < -0.3 is 19.9 Å². The highest BCUT2D eigenvalue weighted by Gasteiger charge is 2.39. The maximum atomic E-state index is 11.5. The minimum atomic E-state index is -0.711. The van der Waals surface area contributed by atoms with Gasteiger partial charge in [0.15, 0.2) is 0 Å². The highest BCUT2D eigenvalue weighted by molar-refractivity contribution is 5.74. The Morgan fingerprint density at radius 2 is 1.85 bits per heavy atom. The van der Waals surface area contributed by atoms with E-state index in [2.05, 4.69) is 5.32 Å². The molecule has 1 aliphatic heterocycles. The standard InChI is InChI=1S/C15H21NO4/c1-19-12-2-4-13(5-3-12)20-11-8-15(14(17)18)6-9-16-10-7-15/h2-5,16H,6-11H2,1H3,(H,17,18). The molecule has 0 saturated carbocycles. The van der Waals surface area contributed by atoms with Crippen molar-refractivity contribution in [2.24, 2.45) is 5.41 Å². The predicted octanol–water partition coefficient (Wildman–Crippen LogP) is 1.92. The number of ether oxygens (including phenoxy) is 2. The lowest BCUT2D eigenvalue weighted by molar-refractivity contribution is -0.151. The first kappa shape index (κ1) is 14.7. The van der Waals surface area contributed by atoms with Crippen molar-refractivity contribution in [1.82, 2.24) is 5.32 Å². The molecule has 1 aromatic carbocycles. The molecule has 0 aliphatic carbocycles. The minimum absolute atomic E-state index is 0.415. The van der Waals surface area contributed by atoms with E-state index in [0.29, 0.717) is 25.9 Å². The molecule has 0 bridgehead atoms. The van der Waals surface area contributed by atoms with Crippen molar-refractivity contribution in [1.29, 1.82) is 0 Å². The van der Waals surface area contributed by atoms with E-state index < -0.39 is 11.4 Å². The number of nitrogens with one attached hydrogen (secondary N) is 1. The third kappa shape index (κ3) is 3.42. The number of hydrogen-bond donors (Lipinski definition) is 2. The topological polar surface area (TPSA) is 67.8 Å². The molecular formula is C15H21NO4. The average molecular weight is 279 g/mol. The number of carbonyl (C=O) groups is 1. The van der Waals surface area contributed by atoms with Crippen LogP contribution in [-0.2, 0) is 4.79 Å². The van der Waals surface area contributed by atoms with Gasteiger partial charge in [-0.25, -0.2) is 0 Å². The summed E-state index contributed by atoms with van der Waals surface area (Å²) in [6, 6.07) is 7.31. The van der Waals surface area contributed by atoms with Crippen LogP contribution in [0.5, 0.6) is 11.5 Å². The summed E-state index contributed by atoms with van der Waals surface area (Å²) in [6.45, 7) is 1.93. The summed E-state index contributed by atoms with van der Waals surface area (Å²) in [5.74, 6) is 0.801. The van der Waals surface area contributed by atoms with Crippen LogP contribution in [0.4, 0.5) is 0 Å². The number of carboxylic acid groups (broad SMARTS) is 1. The van der Waals surface area contributed by atoms with Gasteiger partial charge in [-0.1, -0.05) is 0 Å². The van der Waals surface area contributed by atoms with Gasteiger partial charge in [-0.05, 0) is 56.6 Å². The van der Waals surface area contributed by atoms with Crippen LogP contribution in [0, 0.1) is 5.41 Å². The highest BCUT2D eigenvalue weighted by atomic mass is 16.5. The van der Waals surface area contributed by atoms with Crippen LogP contribution in [0.1, 0.15) is 19.3 Å². The summed E-state index contributed by atoms with van der Waals surface area (Å²) in [5, 5.41) is 12.7. The predicted molar refractivity (Wildman–Crippen MR) is 75.3 cm³/mol. The fourth-order valence-electron chi connectivity index (χ4n) is 2.51. The summed E-state index contributed by atoms with van der Waals surface area (Å²) in [7, 11) is 1.61. The SMILES string of the molecule is COc1ccc(OCCC2(C(=O)O)CCNCC2)cc1. The summed E-state index contributed by atoms with van der Waals surface area (Å²) >= 11 is 0. The molecular weight excluding hydrogens is 258 g/mol. The molecule has 1 aromatic rings. The summed E-state index contributed by atoms with van der Waals surface area (Å²) in [5.41, 5.74) is -0.641. The highest BCUT2D eigenvalue weighted by Crippen LogP contribution is 2.33. The zero-order chi connectivity index (χ0) is 14.4. The zero-order valence-electron chi connectivity index (χ0n) is 11.7. The van der Waals surface area contributed by atoms with Crippen molar-refractivity contribution >= 4 is 5.97 Å². The number of methoxy groups -OCH3 is 1. The van der Waals surface area contributed by atoms with Crippen LogP contribution in [0.3, 0.4) is 0 Å². The first-order valence-electron chi connectivity index (χ1n) is 6.87. The van der Waals surface area contributed by atoms with Crippen molar-refractivity contribution in [3.05, 3.63) is 24.3 Å². The van der Waals surface area contributed by atoms with Gasteiger partial charge in [-0.2, -0.15) is 0 Å². The van der Waals surface area contributed by atoms with E-state index >= 15 is 0 Å². The third-order valence-corrected chi connectivity index (χ3v) is 3.92. The first-order chi connectivity index (χ1) is 9.66. The van der Waals surface area contributed by atoms with Crippen molar-refractivity contribution in [3.8, 4) is 11.5 Å². The molecule has 0 unspecified atom stereocenters. The average Bonchev–Trinajstić information content (AvgIpc) is 2.49. The van der Waals surface area contributed by atoms with Crippen molar-refractivity contribution < 1.29 is 19.4 Å². The Morgan fingerprint density at radius 3 is 2.40 bits per heavy atom. The fourth-order valence-corrected chi connectivity index (χ4v) is 2.51. The zero-order valence-corrected chi connectivity index (χ0v) is 11.7. The number of benzene rings is 1. The lowest BCUT2D eigenvalue weighted by Gasteiger charge is -2.33. The molecule has 0 atom stereocenters. The quantitative estimate of drug-likeness (QED) is 0.832. The van der Waals surface area contributed by atoms with Gasteiger partial charge in [-0.15, -0.1) is 0 Å². The summed E-state index contributed by atoms with van der Waals surface area (Å²) < 4.78 is 10.7. The molecule has 1 saturated heterocycles. The second kappa shape index (κ2) is 6.61. The molecule has 5 heteroatoms. The molecule has 2 N–H and O–H groups in total. The monoisotopic (exact) mass is 279 g/mol. The molecule has 5 nitrogen and oxygen atoms in total. The fraction of sp³-hybridized carbons (Fsp3) is 0.533. The Morgan fingerprint density at radius 1 is 1.25 bits per heavy atom. The summed E-state index contributed by atoms with van der Waals surface area (Å²) in [4.78, 5) is 11.5. The first-order valence-corrected chi connectivity index (χ1v) is 6.87. The van der Waals surface area contributed by atoms with Crippen molar-refractivity contribution in [3.63, 3.8) is 0 Å². The van der Waals surface area contributed by atoms with E-state index in [1.165, 1.54) is 0 Å². The summed E-state index contributed by atoms with van der Waals surface area (Å²) in [6.07, 6.45) is 1.86. The molecule has 1 heterocycles. The maximum Gasteiger partial charge on any atom is 0.309 e. The van der Waals surface area contributed by atoms with Crippen LogP contribution in [-0.4, -0.2) is 37.9 Å². The van der Waals surface area contributed by atoms with Crippen LogP contribution >= 0.6 is 0 Å². The van der Waals surface area contributed by atoms with Gasteiger partial charge in [-0.3, -0.25) is 4.79 Å². The van der Waals surface area contributed by atoms with Crippen LogP contribution < -0.4 is 14.8 Å². The van der Waals surface area contributed by atoms with E-state index in [1.807, 2.05) is 24.3 Å². The smallest absolute Gasteiger partial charge is 0.309 e. The molecule has 0 aromatic heterocycles. The Labute approximate surface area is 118 Å². The lowest BCUT2D eigenvalue weighted by atomic mass is 9.76. The van der Waals surface area contributed by atoms with Crippen molar-refractivity contribution in [2.45, 2.75) is 19.3 Å². The van der Waals surface area contributed by atoms with Crippen LogP contribution in [0.2, 0.25) is 0 Å². The normalized spacial score (nSPS) is 17.4. The van der Waals surface area contributed by atoms with Crippen molar-refractivity contribution in [2.75, 3.05) is 26.8 Å². The van der Waals surface area contributed by atoms with Crippen LogP contribution in [0.25, 0.3) is 0 Å². The largest absolute Gasteiger partial charge is 0.497 e.